The summed E-state index contributed by atoms with van der Waals surface area (Å²) in [6.45, 7) is 4.37. The molecule has 1 aromatic carbocycles. The van der Waals surface area contributed by atoms with Crippen LogP contribution in [0.15, 0.2) is 24.3 Å². The number of hydrogen-bond acceptors (Lipinski definition) is 3. The van der Waals surface area contributed by atoms with Crippen molar-refractivity contribution in [2.75, 3.05) is 33.3 Å². The number of benzene rings is 1. The van der Waals surface area contributed by atoms with Crippen LogP contribution in [0.5, 0.6) is 0 Å². The van der Waals surface area contributed by atoms with Crippen molar-refractivity contribution >= 4 is 5.91 Å². The molecule has 1 N–H and O–H groups in total. The van der Waals surface area contributed by atoms with Gasteiger partial charge < -0.3 is 14.9 Å². The first-order chi connectivity index (χ1) is 9.63. The molecule has 0 aromatic heterocycles. The van der Waals surface area contributed by atoms with Crippen LogP contribution < -0.4 is 0 Å². The van der Waals surface area contributed by atoms with Gasteiger partial charge >= 0.3 is 0 Å². The van der Waals surface area contributed by atoms with Gasteiger partial charge in [0.2, 0.25) is 0 Å². The SMILES string of the molecule is CC1CN(C)CCN1C(=O)c1ccccc1C#CCO. The average molecular weight is 272 g/mol. The molecule has 2 rings (SSSR count). The first kappa shape index (κ1) is 14.6. The second-order valence-electron chi connectivity index (χ2n) is 5.12. The number of hydrogen-bond donors (Lipinski definition) is 1. The van der Waals surface area contributed by atoms with Crippen LogP contribution in [-0.2, 0) is 0 Å². The summed E-state index contributed by atoms with van der Waals surface area (Å²) in [7, 11) is 2.07. The van der Waals surface area contributed by atoms with Gasteiger partial charge in [-0.2, -0.15) is 0 Å². The maximum Gasteiger partial charge on any atom is 0.255 e. The standard InChI is InChI=1S/C16H20N2O2/c1-13-12-17(2)9-10-18(13)16(20)15-8-4-3-6-14(15)7-5-11-19/h3-4,6,8,13,19H,9-12H2,1-2H3. The second kappa shape index (κ2) is 6.56. The van der Waals surface area contributed by atoms with E-state index in [1.807, 2.05) is 23.1 Å². The Balaban J connectivity index is 2.25. The Morgan fingerprint density at radius 1 is 1.40 bits per heavy atom. The number of aliphatic hydroxyl groups is 1. The maximum absolute atomic E-state index is 12.7. The largest absolute Gasteiger partial charge is 0.384 e. The van der Waals surface area contributed by atoms with Crippen molar-refractivity contribution in [3.05, 3.63) is 35.4 Å². The summed E-state index contributed by atoms with van der Waals surface area (Å²) in [4.78, 5) is 16.8. The second-order valence-corrected chi connectivity index (χ2v) is 5.12. The zero-order chi connectivity index (χ0) is 14.5. The highest BCUT2D eigenvalue weighted by molar-refractivity contribution is 5.97. The summed E-state index contributed by atoms with van der Waals surface area (Å²) in [6, 6.07) is 7.51. The van der Waals surface area contributed by atoms with Crippen LogP contribution in [0.3, 0.4) is 0 Å². The minimum Gasteiger partial charge on any atom is -0.384 e. The van der Waals surface area contributed by atoms with Gasteiger partial charge in [0.05, 0.1) is 5.56 Å². The molecule has 1 saturated heterocycles. The van der Waals surface area contributed by atoms with Gasteiger partial charge in [0, 0.05) is 31.2 Å². The number of aliphatic hydroxyl groups excluding tert-OH is 1. The van der Waals surface area contributed by atoms with Crippen molar-refractivity contribution < 1.29 is 9.90 Å². The van der Waals surface area contributed by atoms with Crippen molar-refractivity contribution in [1.82, 2.24) is 9.80 Å². The highest BCUT2D eigenvalue weighted by atomic mass is 16.2. The molecule has 1 amide bonds. The first-order valence-electron chi connectivity index (χ1n) is 6.81. The molecule has 0 radical (unpaired) electrons. The third-order valence-electron chi connectivity index (χ3n) is 3.55. The molecular formula is C16H20N2O2. The average Bonchev–Trinajstić information content (AvgIpc) is 2.45. The lowest BCUT2D eigenvalue weighted by molar-refractivity contribution is 0.0533. The smallest absolute Gasteiger partial charge is 0.255 e. The van der Waals surface area contributed by atoms with Crippen LogP contribution in [0.2, 0.25) is 0 Å². The van der Waals surface area contributed by atoms with Crippen LogP contribution in [0.4, 0.5) is 0 Å². The molecule has 1 aliphatic heterocycles. The number of carbonyl (C=O) groups excluding carboxylic acids is 1. The Morgan fingerprint density at radius 2 is 2.15 bits per heavy atom. The van der Waals surface area contributed by atoms with E-state index in [0.717, 1.165) is 19.6 Å². The van der Waals surface area contributed by atoms with E-state index in [-0.39, 0.29) is 18.6 Å². The third-order valence-corrected chi connectivity index (χ3v) is 3.55. The lowest BCUT2D eigenvalue weighted by atomic mass is 10.0. The van der Waals surface area contributed by atoms with Gasteiger partial charge in [-0.25, -0.2) is 0 Å². The van der Waals surface area contributed by atoms with Gasteiger partial charge in [-0.05, 0) is 26.1 Å². The Hall–Kier alpha value is -1.83. The topological polar surface area (TPSA) is 43.8 Å². The summed E-state index contributed by atoms with van der Waals surface area (Å²) in [5.74, 6) is 5.48. The summed E-state index contributed by atoms with van der Waals surface area (Å²) < 4.78 is 0. The third kappa shape index (κ3) is 3.19. The van der Waals surface area contributed by atoms with Gasteiger partial charge in [0.15, 0.2) is 0 Å². The fourth-order valence-corrected chi connectivity index (χ4v) is 2.51. The van der Waals surface area contributed by atoms with Crippen molar-refractivity contribution in [2.24, 2.45) is 0 Å². The van der Waals surface area contributed by atoms with Crippen LogP contribution in [0, 0.1) is 11.8 Å². The van der Waals surface area contributed by atoms with Crippen LogP contribution in [-0.4, -0.2) is 60.1 Å². The fourth-order valence-electron chi connectivity index (χ4n) is 2.51. The molecule has 1 aromatic rings. The summed E-state index contributed by atoms with van der Waals surface area (Å²) in [5.41, 5.74) is 1.29. The molecule has 0 aliphatic carbocycles. The minimum atomic E-state index is -0.201. The van der Waals surface area contributed by atoms with Crippen molar-refractivity contribution in [1.29, 1.82) is 0 Å². The molecule has 4 nitrogen and oxygen atoms in total. The van der Waals surface area contributed by atoms with Crippen LogP contribution in [0.1, 0.15) is 22.8 Å². The number of nitrogens with zero attached hydrogens (tertiary/aromatic N) is 2. The van der Waals surface area contributed by atoms with E-state index >= 15 is 0 Å². The Labute approximate surface area is 120 Å². The molecule has 0 bridgehead atoms. The molecule has 1 atom stereocenters. The zero-order valence-corrected chi connectivity index (χ0v) is 12.0. The maximum atomic E-state index is 12.7. The monoisotopic (exact) mass is 272 g/mol. The van der Waals surface area contributed by atoms with E-state index in [4.69, 9.17) is 5.11 Å². The molecular weight excluding hydrogens is 252 g/mol. The van der Waals surface area contributed by atoms with Gasteiger partial charge in [0.1, 0.15) is 6.61 Å². The van der Waals surface area contributed by atoms with Gasteiger partial charge in [-0.1, -0.05) is 24.0 Å². The Bertz CT molecular complexity index is 545. The number of likely N-dealkylation sites (N-methyl/N-ethyl adjacent to an activating group) is 1. The number of carbonyl (C=O) groups is 1. The van der Waals surface area contributed by atoms with E-state index in [1.54, 1.807) is 6.07 Å². The molecule has 0 saturated carbocycles. The van der Waals surface area contributed by atoms with E-state index < -0.39 is 0 Å². The number of rotatable bonds is 1. The van der Waals surface area contributed by atoms with E-state index in [2.05, 4.69) is 30.7 Å². The molecule has 1 fully saturated rings. The van der Waals surface area contributed by atoms with Crippen LogP contribution >= 0.6 is 0 Å². The zero-order valence-electron chi connectivity index (χ0n) is 12.0. The van der Waals surface area contributed by atoms with E-state index in [1.165, 1.54) is 0 Å². The Morgan fingerprint density at radius 3 is 2.85 bits per heavy atom. The molecule has 106 valence electrons. The van der Waals surface area contributed by atoms with Gasteiger partial charge in [0.25, 0.3) is 5.91 Å². The van der Waals surface area contributed by atoms with Gasteiger partial charge in [-0.3, -0.25) is 4.79 Å². The summed E-state index contributed by atoms with van der Waals surface area (Å²) >= 11 is 0. The molecule has 0 spiro atoms. The molecule has 20 heavy (non-hydrogen) atoms. The molecule has 1 aliphatic rings. The van der Waals surface area contributed by atoms with Crippen molar-refractivity contribution in [3.8, 4) is 11.8 Å². The van der Waals surface area contributed by atoms with E-state index in [9.17, 15) is 4.79 Å². The van der Waals surface area contributed by atoms with E-state index in [0.29, 0.717) is 11.1 Å². The lowest BCUT2D eigenvalue weighted by Gasteiger charge is -2.38. The van der Waals surface area contributed by atoms with Crippen LogP contribution in [0.25, 0.3) is 0 Å². The van der Waals surface area contributed by atoms with Crippen molar-refractivity contribution in [2.45, 2.75) is 13.0 Å². The highest BCUT2D eigenvalue weighted by Crippen LogP contribution is 2.16. The predicted molar refractivity (Wildman–Crippen MR) is 78.4 cm³/mol. The minimum absolute atomic E-state index is 0.0217. The quantitative estimate of drug-likeness (QED) is 0.769. The first-order valence-corrected chi connectivity index (χ1v) is 6.81. The summed E-state index contributed by atoms with van der Waals surface area (Å²) in [5, 5.41) is 8.80. The molecule has 1 unspecified atom stereocenters. The highest BCUT2D eigenvalue weighted by Gasteiger charge is 2.27. The summed E-state index contributed by atoms with van der Waals surface area (Å²) in [6.07, 6.45) is 0. The normalized spacial score (nSPS) is 19.4. The number of piperazine rings is 1. The predicted octanol–water partition coefficient (Wildman–Crippen LogP) is 0.806. The number of amides is 1. The van der Waals surface area contributed by atoms with Gasteiger partial charge in [-0.15, -0.1) is 0 Å². The Kier molecular flexibility index (Phi) is 4.78. The molecule has 4 heteroatoms. The fraction of sp³-hybridized carbons (Fsp3) is 0.438. The van der Waals surface area contributed by atoms with Crippen molar-refractivity contribution in [3.63, 3.8) is 0 Å². The lowest BCUT2D eigenvalue weighted by Crippen LogP contribution is -2.52. The molecule has 1 heterocycles.